The van der Waals surface area contributed by atoms with E-state index >= 15 is 0 Å². The van der Waals surface area contributed by atoms with Crippen molar-refractivity contribution in [3.63, 3.8) is 0 Å². The van der Waals surface area contributed by atoms with Crippen LogP contribution in [0.1, 0.15) is 6.92 Å². The van der Waals surface area contributed by atoms with E-state index in [1.165, 1.54) is 0 Å². The highest BCUT2D eigenvalue weighted by atomic mass is 16.7. The summed E-state index contributed by atoms with van der Waals surface area (Å²) in [6, 6.07) is -0.176. The van der Waals surface area contributed by atoms with Gasteiger partial charge in [-0.2, -0.15) is 0 Å². The summed E-state index contributed by atoms with van der Waals surface area (Å²) >= 11 is 0. The lowest BCUT2D eigenvalue weighted by Crippen LogP contribution is -2.37. The third-order valence-corrected chi connectivity index (χ3v) is 1.47. The van der Waals surface area contributed by atoms with E-state index in [1.807, 2.05) is 0 Å². The number of aliphatic hydroxyl groups is 1. The van der Waals surface area contributed by atoms with Gasteiger partial charge in [0.15, 0.2) is 0 Å². The molecular weight excluding hydrogens is 172 g/mol. The van der Waals surface area contributed by atoms with Gasteiger partial charge in [0.25, 0.3) is 5.91 Å². The van der Waals surface area contributed by atoms with Crippen LogP contribution in [-0.4, -0.2) is 37.3 Å². The number of aliphatic hydroxyl groups excluding tert-OH is 1. The first-order valence-electron chi connectivity index (χ1n) is 3.97. The Balaban J connectivity index is 3.54. The van der Waals surface area contributed by atoms with Gasteiger partial charge in [-0.15, -0.1) is 0 Å². The maximum absolute atomic E-state index is 10.9. The van der Waals surface area contributed by atoms with E-state index in [1.54, 1.807) is 14.0 Å². The fourth-order valence-electron chi connectivity index (χ4n) is 0.522. The molecule has 0 aromatic rings. The maximum Gasteiger partial charge on any atom is 0.269 e. The molecule has 1 amide bonds. The van der Waals surface area contributed by atoms with Gasteiger partial charge in [0.2, 0.25) is 0 Å². The molecule has 1 unspecified atom stereocenters. The number of carbonyl (C=O) groups excluding carboxylic acids is 1. The highest BCUT2D eigenvalue weighted by molar-refractivity contribution is 5.91. The summed E-state index contributed by atoms with van der Waals surface area (Å²) in [4.78, 5) is 15.7. The van der Waals surface area contributed by atoms with Crippen LogP contribution in [0.3, 0.4) is 0 Å². The Morgan fingerprint density at radius 1 is 1.69 bits per heavy atom. The molecule has 1 atom stereocenters. The number of rotatable bonds is 6. The van der Waals surface area contributed by atoms with Crippen LogP contribution in [0.2, 0.25) is 0 Å². The van der Waals surface area contributed by atoms with Gasteiger partial charge in [0.05, 0.1) is 19.3 Å². The van der Waals surface area contributed by atoms with Crippen molar-refractivity contribution in [3.05, 3.63) is 12.2 Å². The monoisotopic (exact) mass is 188 g/mol. The molecule has 0 saturated carbocycles. The number of hydrogen-bond donors (Lipinski definition) is 3. The Morgan fingerprint density at radius 3 is 2.69 bits per heavy atom. The van der Waals surface area contributed by atoms with Gasteiger partial charge >= 0.3 is 0 Å². The van der Waals surface area contributed by atoms with Gasteiger partial charge in [0.1, 0.15) is 0 Å². The molecule has 0 heterocycles. The third-order valence-electron chi connectivity index (χ3n) is 1.47. The second kappa shape index (κ2) is 6.59. The Kier molecular flexibility index (Phi) is 6.13. The summed E-state index contributed by atoms with van der Waals surface area (Å²) in [5, 5.41) is 11.5. The lowest BCUT2D eigenvalue weighted by atomic mass is 10.3. The minimum Gasteiger partial charge on any atom is -0.395 e. The molecule has 0 saturated heterocycles. The number of nitrogens with one attached hydrogen (secondary N) is 2. The first-order valence-corrected chi connectivity index (χ1v) is 3.97. The number of hydrogen-bond acceptors (Lipinski definition) is 4. The summed E-state index contributed by atoms with van der Waals surface area (Å²) in [6.07, 6.45) is 0. The zero-order chi connectivity index (χ0) is 10.3. The minimum absolute atomic E-state index is 0.0422. The molecule has 0 aliphatic carbocycles. The molecule has 5 nitrogen and oxygen atoms in total. The van der Waals surface area contributed by atoms with Crippen LogP contribution in [0.25, 0.3) is 0 Å². The van der Waals surface area contributed by atoms with Crippen LogP contribution in [0.4, 0.5) is 0 Å². The van der Waals surface area contributed by atoms with Crippen molar-refractivity contribution in [3.8, 4) is 0 Å². The fourth-order valence-corrected chi connectivity index (χ4v) is 0.522. The summed E-state index contributed by atoms with van der Waals surface area (Å²) in [5.74, 6) is -0.354. The van der Waals surface area contributed by atoms with E-state index in [4.69, 9.17) is 9.94 Å². The Hall–Kier alpha value is -0.910. The summed E-state index contributed by atoms with van der Waals surface area (Å²) in [7, 11) is 1.70. The van der Waals surface area contributed by atoms with Gasteiger partial charge < -0.3 is 10.4 Å². The lowest BCUT2D eigenvalue weighted by Gasteiger charge is -2.12. The molecule has 0 aliphatic rings. The first kappa shape index (κ1) is 12.1. The molecule has 76 valence electrons. The van der Waals surface area contributed by atoms with Crippen LogP contribution in [-0.2, 0) is 9.63 Å². The van der Waals surface area contributed by atoms with Crippen molar-refractivity contribution in [1.82, 2.24) is 10.8 Å². The van der Waals surface area contributed by atoms with Crippen LogP contribution < -0.4 is 10.8 Å². The van der Waals surface area contributed by atoms with E-state index in [2.05, 4.69) is 17.4 Å². The lowest BCUT2D eigenvalue weighted by molar-refractivity contribution is -0.130. The predicted molar refractivity (Wildman–Crippen MR) is 48.8 cm³/mol. The van der Waals surface area contributed by atoms with E-state index in [0.717, 1.165) is 0 Å². The van der Waals surface area contributed by atoms with Crippen molar-refractivity contribution in [2.45, 2.75) is 13.0 Å². The molecule has 3 N–H and O–H groups in total. The number of carbonyl (C=O) groups is 1. The first-order chi connectivity index (χ1) is 6.11. The Morgan fingerprint density at radius 2 is 2.31 bits per heavy atom. The Bertz CT molecular complexity index is 178. The van der Waals surface area contributed by atoms with E-state index < -0.39 is 0 Å². The number of amides is 1. The molecular formula is C8H16N2O3. The maximum atomic E-state index is 10.9. The molecule has 0 aromatic heterocycles. The van der Waals surface area contributed by atoms with Gasteiger partial charge in [-0.05, 0) is 14.0 Å². The molecule has 0 rings (SSSR count). The van der Waals surface area contributed by atoms with Crippen LogP contribution in [0.5, 0.6) is 0 Å². The number of hydroxylamine groups is 1. The highest BCUT2D eigenvalue weighted by Gasteiger charge is 2.05. The average molecular weight is 188 g/mol. The zero-order valence-corrected chi connectivity index (χ0v) is 7.96. The van der Waals surface area contributed by atoms with Gasteiger partial charge in [0, 0.05) is 5.57 Å². The second-order valence-corrected chi connectivity index (χ2v) is 2.69. The van der Waals surface area contributed by atoms with Crippen LogP contribution in [0, 0.1) is 0 Å². The molecule has 0 spiro atoms. The van der Waals surface area contributed by atoms with Crippen molar-refractivity contribution in [1.29, 1.82) is 0 Å². The molecule has 0 radical (unpaired) electrons. The average Bonchev–Trinajstić information content (AvgIpc) is 2.12. The van der Waals surface area contributed by atoms with E-state index in [-0.39, 0.29) is 25.2 Å². The quantitative estimate of drug-likeness (QED) is 0.376. The van der Waals surface area contributed by atoms with Crippen molar-refractivity contribution in [2.75, 3.05) is 20.3 Å². The van der Waals surface area contributed by atoms with Crippen LogP contribution in [0.15, 0.2) is 12.2 Å². The third kappa shape index (κ3) is 5.35. The summed E-state index contributed by atoms with van der Waals surface area (Å²) in [6.45, 7) is 5.19. The largest absolute Gasteiger partial charge is 0.395 e. The molecule has 0 aliphatic heterocycles. The predicted octanol–water partition coefficient (Wildman–Crippen LogP) is -0.809. The van der Waals surface area contributed by atoms with Gasteiger partial charge in [-0.25, -0.2) is 5.48 Å². The second-order valence-electron chi connectivity index (χ2n) is 2.69. The Labute approximate surface area is 77.7 Å². The molecule has 0 fully saturated rings. The van der Waals surface area contributed by atoms with Gasteiger partial charge in [-0.3, -0.25) is 9.63 Å². The topological polar surface area (TPSA) is 70.6 Å². The smallest absolute Gasteiger partial charge is 0.269 e. The standard InChI is InChI=1S/C8H16N2O3/c1-6(2)8(12)10-13-5-7(4-11)9-3/h7,9,11H,1,4-5H2,2-3H3,(H,10,12). The zero-order valence-electron chi connectivity index (χ0n) is 7.96. The van der Waals surface area contributed by atoms with Crippen molar-refractivity contribution < 1.29 is 14.7 Å². The number of likely N-dealkylation sites (N-methyl/N-ethyl adjacent to an activating group) is 1. The van der Waals surface area contributed by atoms with E-state index in [9.17, 15) is 4.79 Å². The molecule has 13 heavy (non-hydrogen) atoms. The molecule has 0 aromatic carbocycles. The van der Waals surface area contributed by atoms with Crippen molar-refractivity contribution in [2.24, 2.45) is 0 Å². The fraction of sp³-hybridized carbons (Fsp3) is 0.625. The van der Waals surface area contributed by atoms with Crippen molar-refractivity contribution >= 4 is 5.91 Å². The minimum atomic E-state index is -0.354. The van der Waals surface area contributed by atoms with Gasteiger partial charge in [-0.1, -0.05) is 6.58 Å². The summed E-state index contributed by atoms with van der Waals surface area (Å²) < 4.78 is 0. The van der Waals surface area contributed by atoms with E-state index in [0.29, 0.717) is 5.57 Å². The molecule has 0 bridgehead atoms. The summed E-state index contributed by atoms with van der Waals surface area (Å²) in [5.41, 5.74) is 2.57. The highest BCUT2D eigenvalue weighted by Crippen LogP contribution is 1.86. The van der Waals surface area contributed by atoms with Crippen LogP contribution >= 0.6 is 0 Å². The molecule has 5 heteroatoms. The normalized spacial score (nSPS) is 12.2. The SMILES string of the molecule is C=C(C)C(=O)NOCC(CO)NC.